The predicted octanol–water partition coefficient (Wildman–Crippen LogP) is 8.04. The third kappa shape index (κ3) is 4.26. The number of halogens is 11. The first-order valence-corrected chi connectivity index (χ1v) is 9.04. The molecule has 0 aliphatic carbocycles. The average Bonchev–Trinajstić information content (AvgIpc) is 2.47. The molecule has 0 atom stereocenters. The molecular weight excluding hydrogens is 543 g/mol. The Morgan fingerprint density at radius 3 is 1.78 bits per heavy atom. The summed E-state index contributed by atoms with van der Waals surface area (Å²) in [5.74, 6) is -8.82. The molecule has 0 heterocycles. The highest BCUT2D eigenvalue weighted by Crippen LogP contribution is 2.56. The van der Waals surface area contributed by atoms with Gasteiger partial charge in [-0.15, -0.1) is 0 Å². The number of hydrogen-bond acceptors (Lipinski definition) is 1. The van der Waals surface area contributed by atoms with Crippen molar-refractivity contribution in [2.24, 2.45) is 0 Å². The summed E-state index contributed by atoms with van der Waals surface area (Å²) in [6, 6.07) is 4.47. The Hall–Kier alpha value is -0.880. The lowest BCUT2D eigenvalue weighted by molar-refractivity contribution is -0.330. The second-order valence-corrected chi connectivity index (χ2v) is 7.98. The maximum absolute atomic E-state index is 14.1. The van der Waals surface area contributed by atoms with Crippen LogP contribution in [0.1, 0.15) is 0 Å². The standard InChI is InChI=1S/C15H5Br2F9S/c16-6-4-7(17)11(12-8(18)2-1-3-9(12)19)10(5-6)27-15(25,26)13(20,21)14(22,23)24/h1-5H. The number of benzene rings is 2. The number of alkyl halides is 7. The van der Waals surface area contributed by atoms with E-state index < -0.39 is 56.8 Å². The molecule has 2 rings (SSSR count). The van der Waals surface area contributed by atoms with Crippen LogP contribution < -0.4 is 0 Å². The summed E-state index contributed by atoms with van der Waals surface area (Å²) in [7, 11) is 0. The van der Waals surface area contributed by atoms with Crippen LogP contribution in [0.2, 0.25) is 0 Å². The molecule has 0 unspecified atom stereocenters. The van der Waals surface area contributed by atoms with Crippen LogP contribution in [0.3, 0.4) is 0 Å². The van der Waals surface area contributed by atoms with Crippen LogP contribution in [-0.2, 0) is 0 Å². The molecule has 2 aromatic rings. The van der Waals surface area contributed by atoms with Crippen LogP contribution in [0.5, 0.6) is 0 Å². The van der Waals surface area contributed by atoms with Gasteiger partial charge < -0.3 is 0 Å². The lowest BCUT2D eigenvalue weighted by Crippen LogP contribution is -2.49. The molecular formula is C15H5Br2F9S. The van der Waals surface area contributed by atoms with Gasteiger partial charge in [-0.3, -0.25) is 0 Å². The molecule has 27 heavy (non-hydrogen) atoms. The summed E-state index contributed by atoms with van der Waals surface area (Å²) in [5, 5.41) is -5.65. The molecule has 0 fully saturated rings. The fourth-order valence-electron chi connectivity index (χ4n) is 1.98. The molecule has 0 aliphatic rings. The average molecular weight is 548 g/mol. The molecule has 0 aliphatic heterocycles. The Morgan fingerprint density at radius 1 is 0.778 bits per heavy atom. The summed E-state index contributed by atoms with van der Waals surface area (Å²) in [5.41, 5.74) is -1.48. The molecule has 12 heteroatoms. The normalized spacial score (nSPS) is 13.1. The summed E-state index contributed by atoms with van der Waals surface area (Å²) >= 11 is 4.59. The summed E-state index contributed by atoms with van der Waals surface area (Å²) in [6.07, 6.45) is -6.53. The lowest BCUT2D eigenvalue weighted by atomic mass is 10.0. The van der Waals surface area contributed by atoms with Gasteiger partial charge in [0, 0.05) is 19.4 Å². The Balaban J connectivity index is 2.69. The maximum Gasteiger partial charge on any atom is 0.460 e. The van der Waals surface area contributed by atoms with E-state index >= 15 is 0 Å². The minimum absolute atomic E-state index is 0.00324. The highest BCUT2D eigenvalue weighted by molar-refractivity contribution is 9.11. The summed E-state index contributed by atoms with van der Waals surface area (Å²) in [6.45, 7) is 0. The van der Waals surface area contributed by atoms with E-state index in [-0.39, 0.29) is 8.95 Å². The van der Waals surface area contributed by atoms with E-state index in [1.165, 1.54) is 6.07 Å². The Kier molecular flexibility index (Phi) is 6.23. The highest BCUT2D eigenvalue weighted by atomic mass is 79.9. The van der Waals surface area contributed by atoms with E-state index in [2.05, 4.69) is 31.9 Å². The minimum atomic E-state index is -6.53. The zero-order valence-corrected chi connectivity index (χ0v) is 16.4. The minimum Gasteiger partial charge on any atom is -0.206 e. The molecule has 0 aromatic heterocycles. The number of hydrogen-bond donors (Lipinski definition) is 0. The van der Waals surface area contributed by atoms with E-state index in [9.17, 15) is 39.5 Å². The summed E-state index contributed by atoms with van der Waals surface area (Å²) < 4.78 is 119. The second-order valence-electron chi connectivity index (χ2n) is 5.05. The van der Waals surface area contributed by atoms with Gasteiger partial charge in [-0.1, -0.05) is 37.9 Å². The van der Waals surface area contributed by atoms with Crippen molar-refractivity contribution in [1.29, 1.82) is 0 Å². The van der Waals surface area contributed by atoms with E-state index in [4.69, 9.17) is 0 Å². The second kappa shape index (κ2) is 7.51. The van der Waals surface area contributed by atoms with Gasteiger partial charge in [-0.25, -0.2) is 8.78 Å². The highest BCUT2D eigenvalue weighted by Gasteiger charge is 2.73. The zero-order chi connectivity index (χ0) is 20.8. The zero-order valence-electron chi connectivity index (χ0n) is 12.5. The van der Waals surface area contributed by atoms with Crippen LogP contribution in [0.15, 0.2) is 44.2 Å². The van der Waals surface area contributed by atoms with Crippen molar-refractivity contribution in [1.82, 2.24) is 0 Å². The first kappa shape index (κ1) is 22.4. The molecule has 0 saturated heterocycles. The van der Waals surface area contributed by atoms with Gasteiger partial charge in [-0.05, 0) is 36.0 Å². The van der Waals surface area contributed by atoms with E-state index in [1.807, 2.05) is 0 Å². The largest absolute Gasteiger partial charge is 0.460 e. The molecule has 0 saturated carbocycles. The monoisotopic (exact) mass is 546 g/mol. The third-order valence-electron chi connectivity index (χ3n) is 3.19. The van der Waals surface area contributed by atoms with Gasteiger partial charge >= 0.3 is 17.4 Å². The molecule has 2 aromatic carbocycles. The first-order valence-electron chi connectivity index (χ1n) is 6.64. The molecule has 0 nitrogen and oxygen atoms in total. The van der Waals surface area contributed by atoms with Crippen LogP contribution in [0.4, 0.5) is 39.5 Å². The Bertz CT molecular complexity index is 845. The SMILES string of the molecule is Fc1cccc(F)c1-c1c(Br)cc(Br)cc1SC(F)(F)C(F)(F)C(F)(F)F. The van der Waals surface area contributed by atoms with Gasteiger partial charge in [-0.2, -0.15) is 30.7 Å². The third-order valence-corrected chi connectivity index (χ3v) is 5.33. The lowest BCUT2D eigenvalue weighted by Gasteiger charge is -2.28. The Morgan fingerprint density at radius 2 is 1.30 bits per heavy atom. The van der Waals surface area contributed by atoms with Crippen LogP contribution in [-0.4, -0.2) is 17.4 Å². The molecule has 0 amide bonds. The van der Waals surface area contributed by atoms with Crippen LogP contribution >= 0.6 is 43.6 Å². The van der Waals surface area contributed by atoms with Crippen LogP contribution in [0.25, 0.3) is 11.1 Å². The topological polar surface area (TPSA) is 0 Å². The number of thioether (sulfide) groups is 1. The van der Waals surface area contributed by atoms with E-state index in [1.54, 1.807) is 0 Å². The van der Waals surface area contributed by atoms with E-state index in [0.29, 0.717) is 0 Å². The van der Waals surface area contributed by atoms with Crippen molar-refractivity contribution in [3.05, 3.63) is 50.9 Å². The van der Waals surface area contributed by atoms with Crippen molar-refractivity contribution in [3.63, 3.8) is 0 Å². The first-order chi connectivity index (χ1) is 12.2. The van der Waals surface area contributed by atoms with Crippen molar-refractivity contribution in [2.75, 3.05) is 0 Å². The molecule has 0 N–H and O–H groups in total. The number of rotatable bonds is 4. The van der Waals surface area contributed by atoms with Gasteiger partial charge in [0.25, 0.3) is 0 Å². The molecule has 0 spiro atoms. The van der Waals surface area contributed by atoms with Crippen LogP contribution in [0, 0.1) is 11.6 Å². The Labute approximate surface area is 167 Å². The maximum atomic E-state index is 14.1. The molecule has 0 bridgehead atoms. The smallest absolute Gasteiger partial charge is 0.206 e. The van der Waals surface area contributed by atoms with Gasteiger partial charge in [0.2, 0.25) is 0 Å². The molecule has 0 radical (unpaired) electrons. The van der Waals surface area contributed by atoms with Crippen molar-refractivity contribution < 1.29 is 39.5 Å². The van der Waals surface area contributed by atoms with Crippen molar-refractivity contribution >= 4 is 43.6 Å². The fraction of sp³-hybridized carbons (Fsp3) is 0.200. The van der Waals surface area contributed by atoms with Gasteiger partial charge in [0.1, 0.15) is 11.6 Å². The van der Waals surface area contributed by atoms with Crippen molar-refractivity contribution in [2.45, 2.75) is 22.2 Å². The van der Waals surface area contributed by atoms with Gasteiger partial charge in [0.15, 0.2) is 0 Å². The van der Waals surface area contributed by atoms with E-state index in [0.717, 1.165) is 24.3 Å². The summed E-state index contributed by atoms with van der Waals surface area (Å²) in [4.78, 5) is -0.894. The predicted molar refractivity (Wildman–Crippen MR) is 89.0 cm³/mol. The van der Waals surface area contributed by atoms with Crippen molar-refractivity contribution in [3.8, 4) is 11.1 Å². The molecule has 148 valence electrons. The van der Waals surface area contributed by atoms with Gasteiger partial charge in [0.05, 0.1) is 5.56 Å². The quantitative estimate of drug-likeness (QED) is 0.276. The fourth-order valence-corrected chi connectivity index (χ4v) is 4.70.